The minimum Gasteiger partial charge on any atom is -0.465 e. The average molecular weight is 335 g/mol. The molecule has 0 amide bonds. The number of carbonyl (C=O) groups excluding carboxylic acids is 1. The molecule has 1 atom stereocenters. The summed E-state index contributed by atoms with van der Waals surface area (Å²) in [5, 5.41) is 0.158. The highest BCUT2D eigenvalue weighted by Crippen LogP contribution is 2.31. The lowest BCUT2D eigenvalue weighted by atomic mass is 10.3. The number of aryl methyl sites for hydroxylation is 1. The minimum atomic E-state index is -0.420. The van der Waals surface area contributed by atoms with Gasteiger partial charge in [0.15, 0.2) is 0 Å². The third kappa shape index (κ3) is 3.84. The molecule has 0 aliphatic carbocycles. The van der Waals surface area contributed by atoms with Crippen LogP contribution in [0.5, 0.6) is 0 Å². The second-order valence-electron chi connectivity index (χ2n) is 3.55. The highest BCUT2D eigenvalue weighted by molar-refractivity contribution is 9.10. The first kappa shape index (κ1) is 15.2. The van der Waals surface area contributed by atoms with Crippen molar-refractivity contribution in [3.63, 3.8) is 0 Å². The van der Waals surface area contributed by atoms with Crippen LogP contribution >= 0.6 is 27.7 Å². The molecule has 0 fully saturated rings. The lowest BCUT2D eigenvalue weighted by Crippen LogP contribution is -2.21. The van der Waals surface area contributed by atoms with Crippen molar-refractivity contribution < 1.29 is 9.53 Å². The van der Waals surface area contributed by atoms with Gasteiger partial charge < -0.3 is 9.72 Å². The summed E-state index contributed by atoms with van der Waals surface area (Å²) >= 11 is 4.59. The van der Waals surface area contributed by atoms with Gasteiger partial charge in [0.25, 0.3) is 0 Å². The van der Waals surface area contributed by atoms with Gasteiger partial charge in [0, 0.05) is 5.69 Å². The van der Waals surface area contributed by atoms with Crippen molar-refractivity contribution in [2.75, 3.05) is 6.61 Å². The van der Waals surface area contributed by atoms with Gasteiger partial charge in [0.1, 0.15) is 10.3 Å². The fourth-order valence-corrected chi connectivity index (χ4v) is 2.75. The van der Waals surface area contributed by atoms with Crippen LogP contribution in [0.2, 0.25) is 0 Å². The lowest BCUT2D eigenvalue weighted by molar-refractivity contribution is -0.142. The molecule has 1 N–H and O–H groups in total. The highest BCUT2D eigenvalue weighted by atomic mass is 79.9. The van der Waals surface area contributed by atoms with Crippen LogP contribution in [-0.4, -0.2) is 27.8 Å². The van der Waals surface area contributed by atoms with Crippen molar-refractivity contribution in [3.05, 3.63) is 20.7 Å². The standard InChI is InChI=1S/C11H15BrN2O3S/c1-4-7(10(15)17-5-2)18-9-8(12)6(3)13-11(16)14-9/h7H,4-5H2,1-3H3,(H,13,14,16). The zero-order chi connectivity index (χ0) is 13.7. The first-order chi connectivity index (χ1) is 8.49. The van der Waals surface area contributed by atoms with Gasteiger partial charge in [-0.15, -0.1) is 0 Å². The van der Waals surface area contributed by atoms with Crippen molar-refractivity contribution in [1.29, 1.82) is 0 Å². The van der Waals surface area contributed by atoms with Crippen LogP contribution in [-0.2, 0) is 9.53 Å². The van der Waals surface area contributed by atoms with Crippen LogP contribution < -0.4 is 5.69 Å². The number of halogens is 1. The van der Waals surface area contributed by atoms with Crippen molar-refractivity contribution in [1.82, 2.24) is 9.97 Å². The van der Waals surface area contributed by atoms with Gasteiger partial charge in [-0.1, -0.05) is 18.7 Å². The van der Waals surface area contributed by atoms with Gasteiger partial charge in [-0.2, -0.15) is 4.98 Å². The molecule has 0 aliphatic rings. The number of H-pyrrole nitrogens is 1. The Bertz CT molecular complexity index is 490. The van der Waals surface area contributed by atoms with Crippen molar-refractivity contribution in [2.45, 2.75) is 37.5 Å². The molecule has 1 aromatic heterocycles. The number of aromatic amines is 1. The Morgan fingerprint density at radius 2 is 2.22 bits per heavy atom. The number of ether oxygens (including phenoxy) is 1. The number of aromatic nitrogens is 2. The first-order valence-electron chi connectivity index (χ1n) is 5.59. The van der Waals surface area contributed by atoms with Crippen LogP contribution in [0.1, 0.15) is 26.0 Å². The predicted molar refractivity (Wildman–Crippen MR) is 73.9 cm³/mol. The summed E-state index contributed by atoms with van der Waals surface area (Å²) in [6, 6.07) is 0. The number of esters is 1. The van der Waals surface area contributed by atoms with Gasteiger partial charge >= 0.3 is 11.7 Å². The van der Waals surface area contributed by atoms with Gasteiger partial charge in [-0.05, 0) is 36.2 Å². The van der Waals surface area contributed by atoms with Crippen molar-refractivity contribution in [3.8, 4) is 0 Å². The third-order valence-electron chi connectivity index (χ3n) is 2.19. The second kappa shape index (κ2) is 6.94. The smallest absolute Gasteiger partial charge is 0.346 e. The van der Waals surface area contributed by atoms with Gasteiger partial charge in [-0.3, -0.25) is 4.79 Å². The number of thioether (sulfide) groups is 1. The van der Waals surface area contributed by atoms with Crippen LogP contribution in [0.4, 0.5) is 0 Å². The highest BCUT2D eigenvalue weighted by Gasteiger charge is 2.21. The maximum absolute atomic E-state index is 11.7. The quantitative estimate of drug-likeness (QED) is 0.508. The Labute approximate surface area is 118 Å². The molecule has 100 valence electrons. The van der Waals surface area contributed by atoms with Crippen molar-refractivity contribution in [2.24, 2.45) is 0 Å². The Kier molecular flexibility index (Phi) is 5.87. The molecule has 5 nitrogen and oxygen atoms in total. The fourth-order valence-electron chi connectivity index (χ4n) is 1.29. The molecule has 1 unspecified atom stereocenters. The molecule has 0 aliphatic heterocycles. The summed E-state index contributed by atoms with van der Waals surface area (Å²) in [6.45, 7) is 5.77. The summed E-state index contributed by atoms with van der Waals surface area (Å²) in [6.07, 6.45) is 0.615. The largest absolute Gasteiger partial charge is 0.465 e. The number of hydrogen-bond donors (Lipinski definition) is 1. The molecular weight excluding hydrogens is 320 g/mol. The molecule has 0 radical (unpaired) electrons. The number of hydrogen-bond acceptors (Lipinski definition) is 5. The summed E-state index contributed by atoms with van der Waals surface area (Å²) in [5.74, 6) is -0.281. The summed E-state index contributed by atoms with van der Waals surface area (Å²) in [4.78, 5) is 29.4. The van der Waals surface area contributed by atoms with Crippen LogP contribution in [0.25, 0.3) is 0 Å². The molecule has 0 spiro atoms. The molecule has 0 aromatic carbocycles. The molecule has 1 rings (SSSR count). The van der Waals surface area contributed by atoms with E-state index in [1.807, 2.05) is 6.92 Å². The minimum absolute atomic E-state index is 0.281. The van der Waals surface area contributed by atoms with E-state index in [0.717, 1.165) is 0 Å². The fraction of sp³-hybridized carbons (Fsp3) is 0.545. The molecule has 0 saturated heterocycles. The van der Waals surface area contributed by atoms with E-state index in [4.69, 9.17) is 4.74 Å². The summed E-state index contributed by atoms with van der Waals surface area (Å²) < 4.78 is 5.68. The maximum Gasteiger partial charge on any atom is 0.346 e. The predicted octanol–water partition coefficient (Wildman–Crippen LogP) is 2.27. The molecule has 1 aromatic rings. The molecule has 18 heavy (non-hydrogen) atoms. The Hall–Kier alpha value is -0.820. The average Bonchev–Trinajstić information content (AvgIpc) is 2.32. The summed E-state index contributed by atoms with van der Waals surface area (Å²) in [5.41, 5.74) is 0.271. The third-order valence-corrected chi connectivity index (χ3v) is 4.75. The van der Waals surface area contributed by atoms with E-state index in [-0.39, 0.29) is 11.2 Å². The van der Waals surface area contributed by atoms with Crippen molar-refractivity contribution >= 4 is 33.7 Å². The molecule has 0 saturated carbocycles. The summed E-state index contributed by atoms with van der Waals surface area (Å²) in [7, 11) is 0. The van der Waals surface area contributed by atoms with Gasteiger partial charge in [0.05, 0.1) is 11.1 Å². The first-order valence-corrected chi connectivity index (χ1v) is 7.26. The zero-order valence-electron chi connectivity index (χ0n) is 10.4. The number of nitrogens with one attached hydrogen (secondary N) is 1. The van der Waals surface area contributed by atoms with E-state index in [9.17, 15) is 9.59 Å². The normalized spacial score (nSPS) is 12.2. The topological polar surface area (TPSA) is 72.0 Å². The molecular formula is C11H15BrN2O3S. The van der Waals surface area contributed by atoms with E-state index in [1.54, 1.807) is 13.8 Å². The number of rotatable bonds is 5. The van der Waals surface area contributed by atoms with E-state index >= 15 is 0 Å². The van der Waals surface area contributed by atoms with E-state index in [1.165, 1.54) is 11.8 Å². The monoisotopic (exact) mass is 334 g/mol. The van der Waals surface area contributed by atoms with Gasteiger partial charge in [-0.25, -0.2) is 4.79 Å². The molecule has 0 bridgehead atoms. The Balaban J connectivity index is 2.95. The Morgan fingerprint density at radius 1 is 1.56 bits per heavy atom. The SMILES string of the molecule is CCOC(=O)C(CC)Sc1nc(=O)[nH]c(C)c1Br. The number of nitrogens with zero attached hydrogens (tertiary/aromatic N) is 1. The van der Waals surface area contributed by atoms with E-state index < -0.39 is 5.69 Å². The molecule has 1 heterocycles. The lowest BCUT2D eigenvalue weighted by Gasteiger charge is -2.13. The van der Waals surface area contributed by atoms with Gasteiger partial charge in [0.2, 0.25) is 0 Å². The Morgan fingerprint density at radius 3 is 2.78 bits per heavy atom. The zero-order valence-corrected chi connectivity index (χ0v) is 12.9. The van der Waals surface area contributed by atoms with E-state index in [0.29, 0.717) is 28.2 Å². The molecule has 7 heteroatoms. The number of carbonyl (C=O) groups is 1. The van der Waals surface area contributed by atoms with Crippen LogP contribution in [0.15, 0.2) is 14.3 Å². The van der Waals surface area contributed by atoms with Crippen LogP contribution in [0.3, 0.4) is 0 Å². The maximum atomic E-state index is 11.7. The van der Waals surface area contributed by atoms with Crippen LogP contribution in [0, 0.1) is 6.92 Å². The second-order valence-corrected chi connectivity index (χ2v) is 5.54. The van der Waals surface area contributed by atoms with E-state index in [2.05, 4.69) is 25.9 Å².